The predicted octanol–water partition coefficient (Wildman–Crippen LogP) is 5.33. The van der Waals surface area contributed by atoms with E-state index < -0.39 is 27.0 Å². The SMILES string of the molecule is O=C(CCC1CCCCC1)Oc1cc(C(=O)OCCC2CCCCC2)cc(S(=O)(=O)O)c1. The molecule has 0 bridgehead atoms. The Morgan fingerprint density at radius 3 is 2.06 bits per heavy atom. The number of hydrogen-bond acceptors (Lipinski definition) is 6. The molecule has 8 heteroatoms. The van der Waals surface area contributed by atoms with E-state index in [1.54, 1.807) is 0 Å². The molecule has 0 radical (unpaired) electrons. The molecule has 0 amide bonds. The van der Waals surface area contributed by atoms with Gasteiger partial charge < -0.3 is 9.47 Å². The lowest BCUT2D eigenvalue weighted by atomic mass is 9.86. The highest BCUT2D eigenvalue weighted by molar-refractivity contribution is 7.85. The van der Waals surface area contributed by atoms with E-state index in [0.717, 1.165) is 50.7 Å². The van der Waals surface area contributed by atoms with Crippen LogP contribution in [0.15, 0.2) is 23.1 Å². The van der Waals surface area contributed by atoms with Gasteiger partial charge in [0.15, 0.2) is 0 Å². The Bertz CT molecular complexity index is 882. The number of carbonyl (C=O) groups is 2. The number of ether oxygens (including phenoxy) is 2. The Balaban J connectivity index is 1.60. The van der Waals surface area contributed by atoms with Crippen molar-refractivity contribution in [3.63, 3.8) is 0 Å². The Labute approximate surface area is 190 Å². The van der Waals surface area contributed by atoms with Crippen molar-refractivity contribution in [1.29, 1.82) is 0 Å². The van der Waals surface area contributed by atoms with Crippen LogP contribution in [0.1, 0.15) is 93.8 Å². The smallest absolute Gasteiger partial charge is 0.338 e. The molecule has 0 heterocycles. The van der Waals surface area contributed by atoms with Crippen molar-refractivity contribution in [3.05, 3.63) is 23.8 Å². The molecule has 178 valence electrons. The molecule has 1 aromatic rings. The van der Waals surface area contributed by atoms with Crippen LogP contribution in [0.3, 0.4) is 0 Å². The fraction of sp³-hybridized carbons (Fsp3) is 0.667. The van der Waals surface area contributed by atoms with Crippen molar-refractivity contribution in [2.24, 2.45) is 11.8 Å². The third-order valence-electron chi connectivity index (χ3n) is 6.61. The molecule has 0 atom stereocenters. The molecule has 7 nitrogen and oxygen atoms in total. The molecular formula is C24H34O7S. The highest BCUT2D eigenvalue weighted by Gasteiger charge is 2.21. The Morgan fingerprint density at radius 1 is 0.875 bits per heavy atom. The lowest BCUT2D eigenvalue weighted by Gasteiger charge is -2.21. The lowest BCUT2D eigenvalue weighted by Crippen LogP contribution is -2.15. The van der Waals surface area contributed by atoms with E-state index in [1.807, 2.05) is 0 Å². The largest absolute Gasteiger partial charge is 0.462 e. The monoisotopic (exact) mass is 466 g/mol. The van der Waals surface area contributed by atoms with Gasteiger partial charge in [-0.05, 0) is 36.8 Å². The van der Waals surface area contributed by atoms with Crippen LogP contribution in [-0.4, -0.2) is 31.5 Å². The first-order valence-corrected chi connectivity index (χ1v) is 13.3. The van der Waals surface area contributed by atoms with Gasteiger partial charge in [-0.1, -0.05) is 64.2 Å². The topological polar surface area (TPSA) is 107 Å². The van der Waals surface area contributed by atoms with Gasteiger partial charge in [0.25, 0.3) is 10.1 Å². The zero-order valence-corrected chi connectivity index (χ0v) is 19.4. The van der Waals surface area contributed by atoms with Crippen LogP contribution in [0, 0.1) is 11.8 Å². The summed E-state index contributed by atoms with van der Waals surface area (Å²) in [6, 6.07) is 3.38. The van der Waals surface area contributed by atoms with Gasteiger partial charge in [0.2, 0.25) is 0 Å². The first kappa shape index (κ1) is 24.7. The van der Waals surface area contributed by atoms with Gasteiger partial charge in [-0.3, -0.25) is 9.35 Å². The van der Waals surface area contributed by atoms with Gasteiger partial charge in [-0.15, -0.1) is 0 Å². The van der Waals surface area contributed by atoms with Gasteiger partial charge >= 0.3 is 11.9 Å². The van der Waals surface area contributed by atoms with Crippen LogP contribution in [-0.2, 0) is 19.6 Å². The van der Waals surface area contributed by atoms with Crippen LogP contribution in [0.5, 0.6) is 5.75 Å². The molecule has 32 heavy (non-hydrogen) atoms. The maximum atomic E-state index is 12.5. The maximum absolute atomic E-state index is 12.5. The molecular weight excluding hydrogens is 432 g/mol. The first-order chi connectivity index (χ1) is 15.3. The van der Waals surface area contributed by atoms with E-state index in [1.165, 1.54) is 44.6 Å². The Hall–Kier alpha value is -1.93. The molecule has 0 spiro atoms. The maximum Gasteiger partial charge on any atom is 0.338 e. The molecule has 2 fully saturated rings. The van der Waals surface area contributed by atoms with E-state index in [2.05, 4.69) is 0 Å². The van der Waals surface area contributed by atoms with Gasteiger partial charge in [-0.2, -0.15) is 8.42 Å². The summed E-state index contributed by atoms with van der Waals surface area (Å²) >= 11 is 0. The average Bonchev–Trinajstić information content (AvgIpc) is 2.78. The zero-order valence-electron chi connectivity index (χ0n) is 18.6. The van der Waals surface area contributed by atoms with Crippen molar-refractivity contribution in [2.75, 3.05) is 6.61 Å². The van der Waals surface area contributed by atoms with Gasteiger partial charge in [0.1, 0.15) is 5.75 Å². The summed E-state index contributed by atoms with van der Waals surface area (Å²) in [6.07, 6.45) is 13.5. The standard InChI is InChI=1S/C24H34O7S/c25-23(12-11-18-7-3-1-4-8-18)31-21-15-20(16-22(17-21)32(27,28)29)24(26)30-14-13-19-9-5-2-6-10-19/h15-19H,1-14H2,(H,27,28,29). The normalized spacial score (nSPS) is 18.3. The summed E-state index contributed by atoms with van der Waals surface area (Å²) in [5.41, 5.74) is -0.0705. The minimum atomic E-state index is -4.58. The number of hydrogen-bond donors (Lipinski definition) is 1. The minimum Gasteiger partial charge on any atom is -0.462 e. The first-order valence-electron chi connectivity index (χ1n) is 11.8. The summed E-state index contributed by atoms with van der Waals surface area (Å²) in [7, 11) is -4.58. The van der Waals surface area contributed by atoms with E-state index >= 15 is 0 Å². The average molecular weight is 467 g/mol. The zero-order chi connectivity index (χ0) is 23.0. The van der Waals surface area contributed by atoms with Crippen LogP contribution < -0.4 is 4.74 Å². The molecule has 1 N–H and O–H groups in total. The molecule has 2 saturated carbocycles. The fourth-order valence-electron chi connectivity index (χ4n) is 4.76. The molecule has 2 aliphatic rings. The summed E-state index contributed by atoms with van der Waals surface area (Å²) in [4.78, 5) is 24.3. The second-order valence-corrected chi connectivity index (χ2v) is 10.5. The van der Waals surface area contributed by atoms with Crippen molar-refractivity contribution in [1.82, 2.24) is 0 Å². The van der Waals surface area contributed by atoms with E-state index in [-0.39, 0.29) is 24.3 Å². The van der Waals surface area contributed by atoms with Crippen LogP contribution in [0.2, 0.25) is 0 Å². The summed E-state index contributed by atoms with van der Waals surface area (Å²) < 4.78 is 43.4. The van der Waals surface area contributed by atoms with Crippen LogP contribution in [0.25, 0.3) is 0 Å². The predicted molar refractivity (Wildman–Crippen MR) is 119 cm³/mol. The molecule has 1 aromatic carbocycles. The third kappa shape index (κ3) is 7.89. The van der Waals surface area contributed by atoms with Gasteiger partial charge in [0.05, 0.1) is 17.1 Å². The summed E-state index contributed by atoms with van der Waals surface area (Å²) in [5.74, 6) is -0.227. The molecule has 0 aromatic heterocycles. The molecule has 2 aliphatic carbocycles. The summed E-state index contributed by atoms with van der Waals surface area (Å²) in [5, 5.41) is 0. The van der Waals surface area contributed by atoms with Crippen molar-refractivity contribution in [3.8, 4) is 5.75 Å². The van der Waals surface area contributed by atoms with Gasteiger partial charge in [-0.25, -0.2) is 4.79 Å². The van der Waals surface area contributed by atoms with Crippen molar-refractivity contribution in [2.45, 2.75) is 88.4 Å². The van der Waals surface area contributed by atoms with E-state index in [0.29, 0.717) is 11.8 Å². The second-order valence-electron chi connectivity index (χ2n) is 9.11. The molecule has 0 aliphatic heterocycles. The highest BCUT2D eigenvalue weighted by Crippen LogP contribution is 2.29. The third-order valence-corrected chi connectivity index (χ3v) is 7.44. The summed E-state index contributed by atoms with van der Waals surface area (Å²) in [6.45, 7) is 0.246. The molecule has 0 unspecified atom stereocenters. The highest BCUT2D eigenvalue weighted by atomic mass is 32.2. The number of carbonyl (C=O) groups excluding carboxylic acids is 2. The van der Waals surface area contributed by atoms with Crippen LogP contribution in [0.4, 0.5) is 0 Å². The Kier molecular flexibility index (Phi) is 9.11. The van der Waals surface area contributed by atoms with Crippen molar-refractivity contribution < 1.29 is 32.0 Å². The van der Waals surface area contributed by atoms with Crippen LogP contribution >= 0.6 is 0 Å². The molecule has 0 saturated heterocycles. The Morgan fingerprint density at radius 2 is 1.47 bits per heavy atom. The second kappa shape index (κ2) is 11.8. The van der Waals surface area contributed by atoms with E-state index in [9.17, 15) is 22.6 Å². The van der Waals surface area contributed by atoms with Crippen molar-refractivity contribution >= 4 is 22.1 Å². The van der Waals surface area contributed by atoms with Gasteiger partial charge in [0, 0.05) is 12.5 Å². The molecule has 3 rings (SSSR count). The minimum absolute atomic E-state index is 0.0705. The number of esters is 2. The number of benzene rings is 1. The fourth-order valence-corrected chi connectivity index (χ4v) is 5.30. The van der Waals surface area contributed by atoms with E-state index in [4.69, 9.17) is 9.47 Å². The quantitative estimate of drug-likeness (QED) is 0.298. The lowest BCUT2D eigenvalue weighted by molar-refractivity contribution is -0.134. The number of rotatable bonds is 9.